The van der Waals surface area contributed by atoms with E-state index in [9.17, 15) is 9.59 Å². The number of carbonyl (C=O) groups excluding carboxylic acids is 2. The van der Waals surface area contributed by atoms with E-state index in [1.807, 2.05) is 0 Å². The molecule has 0 unspecified atom stereocenters. The van der Waals surface area contributed by atoms with Crippen LogP contribution in [0.2, 0.25) is 0 Å². The first-order valence-electron chi connectivity index (χ1n) is 7.49. The third kappa shape index (κ3) is 7.11. The minimum absolute atomic E-state index is 0.171. The molecule has 0 saturated heterocycles. The quantitative estimate of drug-likeness (QED) is 0.569. The molecule has 0 aromatic rings. The summed E-state index contributed by atoms with van der Waals surface area (Å²) in [5.41, 5.74) is 0.780. The second-order valence-corrected chi connectivity index (χ2v) is 5.41. The van der Waals surface area contributed by atoms with Crippen LogP contribution >= 0.6 is 0 Å². The van der Waals surface area contributed by atoms with Crippen molar-refractivity contribution >= 4 is 11.9 Å². The van der Waals surface area contributed by atoms with Crippen LogP contribution in [0.5, 0.6) is 0 Å². The molecule has 21 heavy (non-hydrogen) atoms. The van der Waals surface area contributed by atoms with E-state index >= 15 is 0 Å². The van der Waals surface area contributed by atoms with Crippen LogP contribution in [0.15, 0.2) is 24.3 Å². The Morgan fingerprint density at radius 3 is 1.76 bits per heavy atom. The van der Waals surface area contributed by atoms with Gasteiger partial charge >= 0.3 is 11.9 Å². The Balaban J connectivity index is 0.000000433. The zero-order chi connectivity index (χ0) is 16.5. The fraction of sp³-hybridized carbons (Fsp3) is 0.647. The summed E-state index contributed by atoms with van der Waals surface area (Å²) in [5, 5.41) is 0. The lowest BCUT2D eigenvalue weighted by atomic mass is 9.99. The summed E-state index contributed by atoms with van der Waals surface area (Å²) < 4.78 is 10.0. The smallest absolute Gasteiger partial charge is 0.333 e. The molecule has 4 heteroatoms. The first-order chi connectivity index (χ1) is 9.78. The Hall–Kier alpha value is -1.58. The van der Waals surface area contributed by atoms with E-state index < -0.39 is 0 Å². The highest BCUT2D eigenvalue weighted by Gasteiger charge is 2.35. The number of esters is 2. The molecule has 0 aromatic carbocycles. The lowest BCUT2D eigenvalue weighted by molar-refractivity contribution is -0.154. The van der Waals surface area contributed by atoms with E-state index in [0.29, 0.717) is 17.8 Å². The minimum Gasteiger partial charge on any atom is -0.463 e. The van der Waals surface area contributed by atoms with Gasteiger partial charge in [0, 0.05) is 11.1 Å². The van der Waals surface area contributed by atoms with Gasteiger partial charge in [-0.25, -0.2) is 9.59 Å². The summed E-state index contributed by atoms with van der Waals surface area (Å²) in [6, 6.07) is 0. The van der Waals surface area contributed by atoms with Gasteiger partial charge in [-0.05, 0) is 52.9 Å². The van der Waals surface area contributed by atoms with Gasteiger partial charge in [0.25, 0.3) is 0 Å². The molecule has 4 nitrogen and oxygen atoms in total. The third-order valence-corrected chi connectivity index (χ3v) is 3.44. The van der Waals surface area contributed by atoms with Crippen LogP contribution < -0.4 is 0 Å². The van der Waals surface area contributed by atoms with E-state index in [0.717, 1.165) is 19.3 Å². The van der Waals surface area contributed by atoms with Crippen molar-refractivity contribution < 1.29 is 19.1 Å². The van der Waals surface area contributed by atoms with Crippen molar-refractivity contribution in [2.45, 2.75) is 65.4 Å². The molecule has 1 aliphatic rings. The Bertz CT molecular complexity index is 390. The average molecular weight is 296 g/mol. The van der Waals surface area contributed by atoms with Gasteiger partial charge in [-0.3, -0.25) is 0 Å². The van der Waals surface area contributed by atoms with E-state index in [1.165, 1.54) is 12.8 Å². The van der Waals surface area contributed by atoms with E-state index in [4.69, 9.17) is 4.74 Å². The number of hydrogen-bond acceptors (Lipinski definition) is 4. The summed E-state index contributed by atoms with van der Waals surface area (Å²) in [7, 11) is 0. The molecule has 1 fully saturated rings. The Morgan fingerprint density at radius 1 is 1.00 bits per heavy atom. The van der Waals surface area contributed by atoms with E-state index in [2.05, 4.69) is 24.8 Å². The largest absolute Gasteiger partial charge is 0.463 e. The first-order valence-corrected chi connectivity index (χ1v) is 7.49. The minimum atomic E-state index is -0.312. The highest BCUT2D eigenvalue weighted by molar-refractivity contribution is 5.87. The average Bonchev–Trinajstić information content (AvgIpc) is 2.88. The van der Waals surface area contributed by atoms with Gasteiger partial charge in [0.2, 0.25) is 0 Å². The van der Waals surface area contributed by atoms with Crippen molar-refractivity contribution in [1.29, 1.82) is 0 Å². The summed E-state index contributed by atoms with van der Waals surface area (Å²) in [6.45, 7) is 14.6. The van der Waals surface area contributed by atoms with Gasteiger partial charge in [-0.1, -0.05) is 20.1 Å². The van der Waals surface area contributed by atoms with Crippen LogP contribution in [0.4, 0.5) is 0 Å². The topological polar surface area (TPSA) is 52.6 Å². The Morgan fingerprint density at radius 2 is 1.48 bits per heavy atom. The maximum Gasteiger partial charge on any atom is 0.333 e. The molecule has 0 bridgehead atoms. The lowest BCUT2D eigenvalue weighted by Crippen LogP contribution is -2.31. The molecule has 0 radical (unpaired) electrons. The van der Waals surface area contributed by atoms with Crippen LogP contribution in [-0.4, -0.2) is 24.1 Å². The first kappa shape index (κ1) is 19.4. The van der Waals surface area contributed by atoms with E-state index in [-0.39, 0.29) is 17.5 Å². The molecule has 0 amide bonds. The monoisotopic (exact) mass is 296 g/mol. The van der Waals surface area contributed by atoms with Gasteiger partial charge in [0.15, 0.2) is 0 Å². The number of carbonyl (C=O) groups is 2. The van der Waals surface area contributed by atoms with Gasteiger partial charge in [0.1, 0.15) is 5.60 Å². The van der Waals surface area contributed by atoms with Crippen LogP contribution in [0.3, 0.4) is 0 Å². The molecule has 0 atom stereocenters. The number of ether oxygens (including phenoxy) is 2. The Labute approximate surface area is 128 Å². The second-order valence-electron chi connectivity index (χ2n) is 5.41. The van der Waals surface area contributed by atoms with Gasteiger partial charge in [-0.15, -0.1) is 0 Å². The molecular formula is C17H28O4. The van der Waals surface area contributed by atoms with Crippen molar-refractivity contribution in [2.24, 2.45) is 0 Å². The predicted molar refractivity (Wildman–Crippen MR) is 83.8 cm³/mol. The molecule has 1 aliphatic carbocycles. The van der Waals surface area contributed by atoms with Crippen molar-refractivity contribution in [1.82, 2.24) is 0 Å². The van der Waals surface area contributed by atoms with Crippen LogP contribution in [-0.2, 0) is 19.1 Å². The molecule has 0 spiro atoms. The van der Waals surface area contributed by atoms with Crippen molar-refractivity contribution in [3.05, 3.63) is 24.3 Å². The molecule has 0 aliphatic heterocycles. The molecule has 120 valence electrons. The zero-order valence-corrected chi connectivity index (χ0v) is 13.8. The molecule has 1 rings (SSSR count). The maximum absolute atomic E-state index is 11.3. The predicted octanol–water partition coefficient (Wildman–Crippen LogP) is 3.95. The van der Waals surface area contributed by atoms with Crippen LogP contribution in [0.1, 0.15) is 59.8 Å². The maximum atomic E-state index is 11.3. The number of hydrogen-bond donors (Lipinski definition) is 0. The fourth-order valence-corrected chi connectivity index (χ4v) is 2.09. The summed E-state index contributed by atoms with van der Waals surface area (Å²) in [4.78, 5) is 21.8. The molecular weight excluding hydrogens is 268 g/mol. The summed E-state index contributed by atoms with van der Waals surface area (Å²) in [6.07, 6.45) is 5.31. The fourth-order valence-electron chi connectivity index (χ4n) is 2.09. The molecule has 0 aromatic heterocycles. The van der Waals surface area contributed by atoms with Gasteiger partial charge in [-0.2, -0.15) is 0 Å². The zero-order valence-electron chi connectivity index (χ0n) is 13.8. The SMILES string of the molecule is C=C(C)C(=O)OC1(CC)CCCC1.C=C(C)C(=O)OCC. The molecule has 1 saturated carbocycles. The van der Waals surface area contributed by atoms with Crippen molar-refractivity contribution in [2.75, 3.05) is 6.61 Å². The van der Waals surface area contributed by atoms with Crippen molar-refractivity contribution in [3.63, 3.8) is 0 Å². The standard InChI is InChI=1S/C11H18O2.C6H10O2/c1-4-11(7-5-6-8-11)13-10(12)9(2)3;1-4-8-6(7)5(2)3/h2,4-8H2,1,3H3;2,4H2,1,3H3. The summed E-state index contributed by atoms with van der Waals surface area (Å²) >= 11 is 0. The van der Waals surface area contributed by atoms with E-state index in [1.54, 1.807) is 20.8 Å². The lowest BCUT2D eigenvalue weighted by Gasteiger charge is -2.27. The molecule has 0 N–H and O–H groups in total. The Kier molecular flexibility index (Phi) is 8.67. The normalized spacial score (nSPS) is 15.4. The molecule has 0 heterocycles. The van der Waals surface area contributed by atoms with Gasteiger partial charge in [0.05, 0.1) is 6.61 Å². The van der Waals surface area contributed by atoms with Crippen molar-refractivity contribution in [3.8, 4) is 0 Å². The highest BCUT2D eigenvalue weighted by Crippen LogP contribution is 2.36. The van der Waals surface area contributed by atoms with Gasteiger partial charge < -0.3 is 9.47 Å². The van der Waals surface area contributed by atoms with Crippen LogP contribution in [0, 0.1) is 0 Å². The summed E-state index contributed by atoms with van der Waals surface area (Å²) in [5.74, 6) is -0.545. The third-order valence-electron chi connectivity index (χ3n) is 3.44. The van der Waals surface area contributed by atoms with Crippen LogP contribution in [0.25, 0.3) is 0 Å². The highest BCUT2D eigenvalue weighted by atomic mass is 16.6. The number of rotatable bonds is 5. The second kappa shape index (κ2) is 9.37.